The molecule has 12 heteroatoms. The minimum Gasteiger partial charge on any atom is -0.457 e. The average molecular weight is 492 g/mol. The van der Waals surface area contributed by atoms with Crippen molar-refractivity contribution < 1.29 is 35.9 Å². The molecule has 0 unspecified atom stereocenters. The van der Waals surface area contributed by atoms with Crippen LogP contribution in [-0.2, 0) is 12.4 Å². The normalized spacial score (nSPS) is 11.8. The highest BCUT2D eigenvalue weighted by Crippen LogP contribution is 2.36. The van der Waals surface area contributed by atoms with Crippen LogP contribution in [0.25, 0.3) is 5.69 Å². The fourth-order valence-corrected chi connectivity index (χ4v) is 3.14. The Kier molecular flexibility index (Phi) is 6.20. The summed E-state index contributed by atoms with van der Waals surface area (Å²) in [6, 6.07) is 12.3. The van der Waals surface area contributed by atoms with Gasteiger partial charge in [-0.3, -0.25) is 9.78 Å². The number of anilines is 1. The predicted molar refractivity (Wildman–Crippen MR) is 112 cm³/mol. The van der Waals surface area contributed by atoms with E-state index in [0.717, 1.165) is 18.2 Å². The Bertz CT molecular complexity index is 1330. The molecule has 6 nitrogen and oxygen atoms in total. The van der Waals surface area contributed by atoms with E-state index < -0.39 is 40.8 Å². The van der Waals surface area contributed by atoms with Gasteiger partial charge < -0.3 is 10.1 Å². The number of nitrogens with one attached hydrogen (secondary N) is 1. The maximum Gasteiger partial charge on any atom is 0.434 e. The monoisotopic (exact) mass is 492 g/mol. The molecule has 0 bridgehead atoms. The van der Waals surface area contributed by atoms with Crippen LogP contribution in [0.4, 0.5) is 32.0 Å². The van der Waals surface area contributed by atoms with Crippen LogP contribution in [0.15, 0.2) is 79.3 Å². The Morgan fingerprint density at radius 2 is 1.51 bits per heavy atom. The molecule has 2 aromatic carbocycles. The molecule has 35 heavy (non-hydrogen) atoms. The standard InChI is InChI=1S/C23H14F6N4O2/c24-22(25,26)14-2-1-3-16(12-14)33-20(23(27,28)29)19(13-31-33)21(34)32-15-4-6-17(7-5-15)35-18-8-10-30-11-9-18/h1-13H,(H,32,34). The summed E-state index contributed by atoms with van der Waals surface area (Å²) in [6.45, 7) is 0. The fourth-order valence-electron chi connectivity index (χ4n) is 3.14. The van der Waals surface area contributed by atoms with E-state index in [1.165, 1.54) is 36.7 Å². The van der Waals surface area contributed by atoms with Crippen LogP contribution in [0.3, 0.4) is 0 Å². The summed E-state index contributed by atoms with van der Waals surface area (Å²) in [6.07, 6.45) is -6.14. The van der Waals surface area contributed by atoms with Crippen LogP contribution < -0.4 is 10.1 Å². The van der Waals surface area contributed by atoms with E-state index in [9.17, 15) is 31.1 Å². The molecule has 0 fully saturated rings. The van der Waals surface area contributed by atoms with Gasteiger partial charge in [0.15, 0.2) is 5.69 Å². The first kappa shape index (κ1) is 23.8. The summed E-state index contributed by atoms with van der Waals surface area (Å²) in [4.78, 5) is 16.5. The molecule has 180 valence electrons. The highest BCUT2D eigenvalue weighted by molar-refractivity contribution is 6.05. The first-order valence-electron chi connectivity index (χ1n) is 9.84. The Morgan fingerprint density at radius 1 is 0.857 bits per heavy atom. The zero-order valence-corrected chi connectivity index (χ0v) is 17.4. The van der Waals surface area contributed by atoms with E-state index in [1.807, 2.05) is 0 Å². The predicted octanol–water partition coefficient (Wildman–Crippen LogP) is 6.35. The van der Waals surface area contributed by atoms with Crippen LogP contribution in [-0.4, -0.2) is 20.7 Å². The molecular weight excluding hydrogens is 478 g/mol. The number of halogens is 6. The van der Waals surface area contributed by atoms with Crippen molar-refractivity contribution >= 4 is 11.6 Å². The second-order valence-electron chi connectivity index (χ2n) is 7.13. The van der Waals surface area contributed by atoms with E-state index >= 15 is 0 Å². The Hall–Kier alpha value is -4.35. The smallest absolute Gasteiger partial charge is 0.434 e. The maximum absolute atomic E-state index is 13.8. The SMILES string of the molecule is O=C(Nc1ccc(Oc2ccncc2)cc1)c1cnn(-c2cccc(C(F)(F)F)c2)c1C(F)(F)F. The van der Waals surface area contributed by atoms with Gasteiger partial charge in [-0.25, -0.2) is 4.68 Å². The largest absolute Gasteiger partial charge is 0.457 e. The second-order valence-corrected chi connectivity index (χ2v) is 7.13. The van der Waals surface area contributed by atoms with Crippen molar-refractivity contribution in [3.8, 4) is 17.2 Å². The van der Waals surface area contributed by atoms with Gasteiger partial charge in [0.2, 0.25) is 0 Å². The van der Waals surface area contributed by atoms with Crippen molar-refractivity contribution in [1.82, 2.24) is 14.8 Å². The molecule has 1 amide bonds. The summed E-state index contributed by atoms with van der Waals surface area (Å²) in [5.41, 5.74) is -3.85. The molecule has 4 rings (SSSR count). The Labute approximate surface area is 193 Å². The fraction of sp³-hybridized carbons (Fsp3) is 0.0870. The van der Waals surface area contributed by atoms with Crippen molar-refractivity contribution in [1.29, 1.82) is 0 Å². The number of hydrogen-bond acceptors (Lipinski definition) is 4. The van der Waals surface area contributed by atoms with Gasteiger partial charge in [0.25, 0.3) is 5.91 Å². The van der Waals surface area contributed by atoms with Gasteiger partial charge in [-0.1, -0.05) is 6.07 Å². The van der Waals surface area contributed by atoms with Gasteiger partial charge >= 0.3 is 12.4 Å². The number of benzene rings is 2. The molecule has 0 spiro atoms. The van der Waals surface area contributed by atoms with Crippen molar-refractivity contribution in [2.75, 3.05) is 5.32 Å². The molecule has 0 aliphatic heterocycles. The van der Waals surface area contributed by atoms with Crippen LogP contribution >= 0.6 is 0 Å². The van der Waals surface area contributed by atoms with Crippen LogP contribution in [0, 0.1) is 0 Å². The molecular formula is C23H14F6N4O2. The quantitative estimate of drug-likeness (QED) is 0.330. The molecule has 0 aliphatic carbocycles. The number of pyridine rings is 1. The number of carbonyl (C=O) groups is 1. The van der Waals surface area contributed by atoms with Gasteiger partial charge in [0.05, 0.1) is 23.0 Å². The third kappa shape index (κ3) is 5.42. The third-order valence-electron chi connectivity index (χ3n) is 4.70. The van der Waals surface area contributed by atoms with Gasteiger partial charge in [-0.15, -0.1) is 0 Å². The summed E-state index contributed by atoms with van der Waals surface area (Å²) < 4.78 is 86.4. The highest BCUT2D eigenvalue weighted by Gasteiger charge is 2.41. The molecule has 1 N–H and O–H groups in total. The number of alkyl halides is 6. The zero-order valence-electron chi connectivity index (χ0n) is 17.4. The summed E-state index contributed by atoms with van der Waals surface area (Å²) in [5, 5.41) is 5.87. The number of nitrogens with zero attached hydrogens (tertiary/aromatic N) is 3. The molecule has 0 saturated heterocycles. The van der Waals surface area contributed by atoms with Crippen molar-refractivity contribution in [2.45, 2.75) is 12.4 Å². The van der Waals surface area contributed by atoms with Gasteiger partial charge in [-0.05, 0) is 54.6 Å². The molecule has 0 atom stereocenters. The van der Waals surface area contributed by atoms with Crippen LogP contribution in [0.1, 0.15) is 21.6 Å². The van der Waals surface area contributed by atoms with Gasteiger partial charge in [-0.2, -0.15) is 31.4 Å². The van der Waals surface area contributed by atoms with Crippen LogP contribution in [0.2, 0.25) is 0 Å². The van der Waals surface area contributed by atoms with Crippen LogP contribution in [0.5, 0.6) is 11.5 Å². The molecule has 2 heterocycles. The van der Waals surface area contributed by atoms with E-state index in [1.54, 1.807) is 12.1 Å². The lowest BCUT2D eigenvalue weighted by molar-refractivity contribution is -0.143. The Morgan fingerprint density at radius 3 is 2.14 bits per heavy atom. The minimum absolute atomic E-state index is 0.164. The van der Waals surface area contributed by atoms with Gasteiger partial charge in [0.1, 0.15) is 11.5 Å². The minimum atomic E-state index is -5.08. The lowest BCUT2D eigenvalue weighted by Gasteiger charge is -2.14. The number of carbonyl (C=O) groups excluding carboxylic acids is 1. The van der Waals surface area contributed by atoms with E-state index in [2.05, 4.69) is 15.4 Å². The van der Waals surface area contributed by atoms with Crippen molar-refractivity contribution in [3.63, 3.8) is 0 Å². The molecule has 0 saturated carbocycles. The summed E-state index contributed by atoms with van der Waals surface area (Å²) >= 11 is 0. The van der Waals surface area contributed by atoms with E-state index in [4.69, 9.17) is 4.74 Å². The third-order valence-corrected chi connectivity index (χ3v) is 4.70. The highest BCUT2D eigenvalue weighted by atomic mass is 19.4. The van der Waals surface area contributed by atoms with E-state index in [-0.39, 0.29) is 10.4 Å². The molecule has 2 aromatic heterocycles. The van der Waals surface area contributed by atoms with Gasteiger partial charge in [0, 0.05) is 18.1 Å². The second kappa shape index (κ2) is 9.12. The number of ether oxygens (including phenoxy) is 1. The number of hydrogen-bond donors (Lipinski definition) is 1. The topological polar surface area (TPSA) is 69.0 Å². The molecule has 4 aromatic rings. The first-order valence-corrected chi connectivity index (χ1v) is 9.84. The number of rotatable bonds is 5. The maximum atomic E-state index is 13.8. The van der Waals surface area contributed by atoms with E-state index in [0.29, 0.717) is 23.8 Å². The van der Waals surface area contributed by atoms with Crippen molar-refractivity contribution in [3.05, 3.63) is 96.1 Å². The summed E-state index contributed by atoms with van der Waals surface area (Å²) in [7, 11) is 0. The van der Waals surface area contributed by atoms with Crippen molar-refractivity contribution in [2.24, 2.45) is 0 Å². The average Bonchev–Trinajstić information content (AvgIpc) is 3.27. The Balaban J connectivity index is 1.59. The number of aromatic nitrogens is 3. The lowest BCUT2D eigenvalue weighted by Crippen LogP contribution is -2.21. The molecule has 0 radical (unpaired) electrons. The molecule has 0 aliphatic rings. The summed E-state index contributed by atoms with van der Waals surface area (Å²) in [5.74, 6) is -0.227. The zero-order chi connectivity index (χ0) is 25.2. The first-order chi connectivity index (χ1) is 16.5. The lowest BCUT2D eigenvalue weighted by atomic mass is 10.1. The number of amides is 1.